The van der Waals surface area contributed by atoms with E-state index in [2.05, 4.69) is 13.2 Å². The number of carbonyl (C=O) groups is 2. The molecule has 0 rings (SSSR count). The number of carbonyl (C=O) groups excluding carboxylic acids is 2. The van der Waals surface area contributed by atoms with E-state index in [4.69, 9.17) is 18.5 Å². The Morgan fingerprint density at radius 3 is 1.38 bits per heavy atom. The van der Waals surface area contributed by atoms with Gasteiger partial charge in [-0.3, -0.25) is 4.57 Å². The molecule has 0 aromatic heterocycles. The van der Waals surface area contributed by atoms with Crippen LogP contribution in [0, 0.1) is 0 Å². The molecular formula is C16H27O7P. The van der Waals surface area contributed by atoms with E-state index in [1.54, 1.807) is 27.7 Å². The molecule has 0 aromatic rings. The van der Waals surface area contributed by atoms with Crippen molar-refractivity contribution in [1.82, 2.24) is 0 Å². The third-order valence-corrected chi connectivity index (χ3v) is 3.27. The van der Waals surface area contributed by atoms with Crippen LogP contribution in [-0.4, -0.2) is 36.4 Å². The minimum Gasteiger partial charge on any atom is -0.454 e. The van der Waals surface area contributed by atoms with Crippen LogP contribution < -0.4 is 0 Å². The van der Waals surface area contributed by atoms with Gasteiger partial charge in [0.2, 0.25) is 0 Å². The van der Waals surface area contributed by atoms with Crippen molar-refractivity contribution in [3.05, 3.63) is 24.3 Å². The molecule has 0 bridgehead atoms. The molecule has 0 radical (unpaired) electrons. The van der Waals surface area contributed by atoms with Crippen LogP contribution in [0.1, 0.15) is 41.5 Å². The monoisotopic (exact) mass is 362 g/mol. The molecule has 0 fully saturated rings. The van der Waals surface area contributed by atoms with E-state index in [9.17, 15) is 14.2 Å². The fourth-order valence-corrected chi connectivity index (χ4v) is 2.26. The Morgan fingerprint density at radius 2 is 1.12 bits per heavy atom. The third-order valence-electron chi connectivity index (χ3n) is 2.51. The van der Waals surface area contributed by atoms with Crippen molar-refractivity contribution in [3.63, 3.8) is 0 Å². The van der Waals surface area contributed by atoms with Gasteiger partial charge in [-0.15, -0.1) is 0 Å². The van der Waals surface area contributed by atoms with Gasteiger partial charge in [-0.05, 0) is 41.5 Å². The Kier molecular flexibility index (Phi) is 8.61. The Bertz CT molecular complexity index is 489. The van der Waals surface area contributed by atoms with E-state index in [-0.39, 0.29) is 24.4 Å². The fourth-order valence-electron chi connectivity index (χ4n) is 1.24. The topological polar surface area (TPSA) is 88.1 Å². The summed E-state index contributed by atoms with van der Waals surface area (Å²) in [5.74, 6) is -1.12. The van der Waals surface area contributed by atoms with Gasteiger partial charge in [-0.1, -0.05) is 13.2 Å². The van der Waals surface area contributed by atoms with E-state index in [0.29, 0.717) is 0 Å². The van der Waals surface area contributed by atoms with E-state index < -0.39 is 31.4 Å². The lowest BCUT2D eigenvalue weighted by Crippen LogP contribution is -2.34. The lowest BCUT2D eigenvalue weighted by Gasteiger charge is -2.26. The molecule has 0 aromatic carbocycles. The van der Waals surface area contributed by atoms with Crippen LogP contribution in [0.2, 0.25) is 0 Å². The van der Waals surface area contributed by atoms with Gasteiger partial charge in [0.25, 0.3) is 0 Å². The van der Waals surface area contributed by atoms with Gasteiger partial charge in [-0.2, -0.15) is 0 Å². The molecular weight excluding hydrogens is 335 g/mol. The first-order chi connectivity index (χ1) is 10.8. The average molecular weight is 362 g/mol. The van der Waals surface area contributed by atoms with Crippen LogP contribution in [0.5, 0.6) is 0 Å². The Labute approximate surface area is 143 Å². The number of rotatable bonds is 10. The molecule has 0 saturated heterocycles. The summed E-state index contributed by atoms with van der Waals surface area (Å²) in [6.45, 7) is 16.2. The zero-order valence-electron chi connectivity index (χ0n) is 15.2. The molecule has 0 saturated carbocycles. The summed E-state index contributed by atoms with van der Waals surface area (Å²) >= 11 is 0. The molecule has 138 valence electrons. The second-order valence-corrected chi connectivity index (χ2v) is 7.76. The Balaban J connectivity index is 4.35. The van der Waals surface area contributed by atoms with E-state index in [0.717, 1.165) is 0 Å². The summed E-state index contributed by atoms with van der Waals surface area (Å²) < 4.78 is 32.3. The predicted octanol–water partition coefficient (Wildman–Crippen LogP) is 3.21. The summed E-state index contributed by atoms with van der Waals surface area (Å²) in [5, 5.41) is 0. The first-order valence-corrected chi connectivity index (χ1v) is 8.55. The minimum atomic E-state index is -2.84. The maximum Gasteiger partial charge on any atom is 0.333 e. The van der Waals surface area contributed by atoms with Crippen LogP contribution in [0.25, 0.3) is 0 Å². The molecule has 24 heavy (non-hydrogen) atoms. The fraction of sp³-hybridized carbons (Fsp3) is 0.625. The van der Waals surface area contributed by atoms with E-state index in [1.807, 2.05) is 0 Å². The van der Waals surface area contributed by atoms with Gasteiger partial charge in [0.1, 0.15) is 11.2 Å². The highest BCUT2D eigenvalue weighted by molar-refractivity contribution is 7.33. The molecule has 0 aliphatic heterocycles. The molecule has 0 heterocycles. The van der Waals surface area contributed by atoms with Crippen molar-refractivity contribution >= 4 is 20.2 Å². The third kappa shape index (κ3) is 9.65. The summed E-state index contributed by atoms with van der Waals surface area (Å²) in [7, 11) is -2.84. The normalized spacial score (nSPS) is 12.0. The van der Waals surface area contributed by atoms with Gasteiger partial charge in [-0.25, -0.2) is 9.59 Å². The van der Waals surface area contributed by atoms with Crippen molar-refractivity contribution in [2.75, 3.05) is 13.2 Å². The first kappa shape index (κ1) is 22.6. The van der Waals surface area contributed by atoms with Crippen LogP contribution in [-0.2, 0) is 32.7 Å². The standard InChI is InChI=1S/C16H27O7P/c1-11(2)13(17)22-15(5,6)9-20-24(19)21-10-16(7,8)23-14(18)12(3)4/h24H,1,3,9-10H2,2,4-8H3. The maximum absolute atomic E-state index is 11.8. The zero-order chi connectivity index (χ0) is 19.1. The molecule has 0 aliphatic carbocycles. The van der Waals surface area contributed by atoms with Crippen molar-refractivity contribution in [1.29, 1.82) is 0 Å². The smallest absolute Gasteiger partial charge is 0.333 e. The SMILES string of the molecule is C=C(C)C(=O)OC(C)(C)CO[PH](=O)OCC(C)(C)OC(=O)C(=C)C. The van der Waals surface area contributed by atoms with Gasteiger partial charge in [0.15, 0.2) is 0 Å². The summed E-state index contributed by atoms with van der Waals surface area (Å²) in [4.78, 5) is 23.0. The van der Waals surface area contributed by atoms with Crippen molar-refractivity contribution in [2.24, 2.45) is 0 Å². The van der Waals surface area contributed by atoms with Gasteiger partial charge < -0.3 is 18.5 Å². The molecule has 0 spiro atoms. The minimum absolute atomic E-state index is 0.115. The number of ether oxygens (including phenoxy) is 2. The van der Waals surface area contributed by atoms with Gasteiger partial charge in [0.05, 0.1) is 13.2 Å². The van der Waals surface area contributed by atoms with Crippen LogP contribution in [0.15, 0.2) is 24.3 Å². The molecule has 0 atom stereocenters. The highest BCUT2D eigenvalue weighted by Crippen LogP contribution is 2.29. The van der Waals surface area contributed by atoms with Gasteiger partial charge >= 0.3 is 20.2 Å². The van der Waals surface area contributed by atoms with Crippen LogP contribution in [0.3, 0.4) is 0 Å². The van der Waals surface area contributed by atoms with Crippen LogP contribution in [0.4, 0.5) is 0 Å². The summed E-state index contributed by atoms with van der Waals surface area (Å²) in [6.07, 6.45) is 0. The second kappa shape index (κ2) is 9.16. The summed E-state index contributed by atoms with van der Waals surface area (Å²) in [6, 6.07) is 0. The van der Waals surface area contributed by atoms with Crippen molar-refractivity contribution in [2.45, 2.75) is 52.7 Å². The predicted molar refractivity (Wildman–Crippen MR) is 90.9 cm³/mol. The highest BCUT2D eigenvalue weighted by atomic mass is 31.1. The molecule has 7 nitrogen and oxygen atoms in total. The number of hydrogen-bond acceptors (Lipinski definition) is 7. The Hall–Kier alpha value is -1.43. The molecule has 0 unspecified atom stereocenters. The second-order valence-electron chi connectivity index (χ2n) is 6.69. The Morgan fingerprint density at radius 1 is 0.833 bits per heavy atom. The molecule has 8 heteroatoms. The molecule has 0 aliphatic rings. The van der Waals surface area contributed by atoms with Crippen molar-refractivity contribution < 1.29 is 32.7 Å². The molecule has 0 N–H and O–H groups in total. The maximum atomic E-state index is 11.8. The summed E-state index contributed by atoms with van der Waals surface area (Å²) in [5.41, 5.74) is -1.45. The quantitative estimate of drug-likeness (QED) is 0.335. The average Bonchev–Trinajstić information content (AvgIpc) is 2.42. The lowest BCUT2D eigenvalue weighted by molar-refractivity contribution is -0.154. The first-order valence-electron chi connectivity index (χ1n) is 7.33. The largest absolute Gasteiger partial charge is 0.454 e. The molecule has 0 amide bonds. The van der Waals surface area contributed by atoms with E-state index in [1.165, 1.54) is 13.8 Å². The number of hydrogen-bond donors (Lipinski definition) is 0. The van der Waals surface area contributed by atoms with Crippen LogP contribution >= 0.6 is 8.25 Å². The van der Waals surface area contributed by atoms with Gasteiger partial charge in [0, 0.05) is 11.1 Å². The highest BCUT2D eigenvalue weighted by Gasteiger charge is 2.27. The van der Waals surface area contributed by atoms with E-state index >= 15 is 0 Å². The van der Waals surface area contributed by atoms with Crippen molar-refractivity contribution in [3.8, 4) is 0 Å². The lowest BCUT2D eigenvalue weighted by atomic mass is 10.1. The zero-order valence-corrected chi connectivity index (χ0v) is 16.2. The number of esters is 2.